The third kappa shape index (κ3) is 3.57. The second-order valence-corrected chi connectivity index (χ2v) is 4.60. The quantitative estimate of drug-likeness (QED) is 0.843. The van der Waals surface area contributed by atoms with Crippen molar-refractivity contribution >= 4 is 11.1 Å². The zero-order valence-electron chi connectivity index (χ0n) is 11.6. The van der Waals surface area contributed by atoms with E-state index in [4.69, 9.17) is 14.9 Å². The van der Waals surface area contributed by atoms with Crippen molar-refractivity contribution in [1.29, 1.82) is 0 Å². The van der Waals surface area contributed by atoms with Crippen molar-refractivity contribution in [3.05, 3.63) is 36.0 Å². The summed E-state index contributed by atoms with van der Waals surface area (Å²) in [4.78, 5) is 4.42. The molecule has 0 saturated heterocycles. The van der Waals surface area contributed by atoms with Crippen LogP contribution in [0.5, 0.6) is 5.75 Å². The first-order valence-electron chi connectivity index (χ1n) is 6.77. The van der Waals surface area contributed by atoms with E-state index in [1.54, 1.807) is 12.1 Å². The molecule has 20 heavy (non-hydrogen) atoms. The lowest BCUT2D eigenvalue weighted by Gasteiger charge is -2.06. The van der Waals surface area contributed by atoms with Gasteiger partial charge >= 0.3 is 0 Å². The molecule has 4 nitrogen and oxygen atoms in total. The van der Waals surface area contributed by atoms with Crippen LogP contribution in [0.15, 0.2) is 34.5 Å². The van der Waals surface area contributed by atoms with E-state index in [1.165, 1.54) is 0 Å². The Morgan fingerprint density at radius 2 is 2.35 bits per heavy atom. The van der Waals surface area contributed by atoms with Crippen LogP contribution in [-0.2, 0) is 6.42 Å². The Kier molecular flexibility index (Phi) is 5.12. The van der Waals surface area contributed by atoms with Gasteiger partial charge in [0.2, 0.25) is 0 Å². The second kappa shape index (κ2) is 7.05. The van der Waals surface area contributed by atoms with Crippen molar-refractivity contribution < 1.29 is 13.5 Å². The fourth-order valence-electron chi connectivity index (χ4n) is 1.79. The highest BCUT2D eigenvalue weighted by Crippen LogP contribution is 2.22. The molecule has 0 atom stereocenters. The standard InChI is InChI=1S/C15H19FN2O2/c1-2-3-4-15-18-13-7-12(5-6-14(13)20-15)19-10-11(8-16)9-17/h5-8H,2-4,9-10,17H2,1H3. The van der Waals surface area contributed by atoms with Gasteiger partial charge in [0.05, 0.1) is 6.33 Å². The molecule has 1 aromatic carbocycles. The van der Waals surface area contributed by atoms with Crippen molar-refractivity contribution in [3.8, 4) is 5.75 Å². The maximum absolute atomic E-state index is 12.4. The molecule has 0 aliphatic rings. The largest absolute Gasteiger partial charge is 0.489 e. The Labute approximate surface area is 117 Å². The molecule has 1 aromatic heterocycles. The molecule has 2 aromatic rings. The number of unbranched alkanes of at least 4 members (excludes halogenated alkanes) is 1. The van der Waals surface area contributed by atoms with Crippen LogP contribution >= 0.6 is 0 Å². The Morgan fingerprint density at radius 1 is 1.50 bits per heavy atom. The van der Waals surface area contributed by atoms with Crippen molar-refractivity contribution in [2.24, 2.45) is 5.73 Å². The number of aryl methyl sites for hydroxylation is 1. The highest BCUT2D eigenvalue weighted by atomic mass is 19.1. The first-order chi connectivity index (χ1) is 9.76. The summed E-state index contributed by atoms with van der Waals surface area (Å²) in [6, 6.07) is 5.39. The van der Waals surface area contributed by atoms with E-state index in [0.29, 0.717) is 17.7 Å². The molecule has 2 N–H and O–H groups in total. The Hall–Kier alpha value is -1.88. The summed E-state index contributed by atoms with van der Waals surface area (Å²) in [5.74, 6) is 1.37. The zero-order chi connectivity index (χ0) is 14.4. The number of ether oxygens (including phenoxy) is 1. The number of hydrogen-bond acceptors (Lipinski definition) is 4. The maximum atomic E-state index is 12.4. The van der Waals surface area contributed by atoms with Crippen LogP contribution in [0.3, 0.4) is 0 Å². The van der Waals surface area contributed by atoms with Crippen LogP contribution in [0.1, 0.15) is 25.7 Å². The molecule has 0 bridgehead atoms. The molecule has 2 rings (SSSR count). The number of nitrogens with zero attached hydrogens (tertiary/aromatic N) is 1. The van der Waals surface area contributed by atoms with Crippen LogP contribution in [-0.4, -0.2) is 18.1 Å². The Balaban J connectivity index is 2.08. The number of aromatic nitrogens is 1. The Morgan fingerprint density at radius 3 is 3.05 bits per heavy atom. The molecular weight excluding hydrogens is 259 g/mol. The smallest absolute Gasteiger partial charge is 0.195 e. The molecule has 0 saturated carbocycles. The number of oxazole rings is 1. The fourth-order valence-corrected chi connectivity index (χ4v) is 1.79. The van der Waals surface area contributed by atoms with Gasteiger partial charge in [-0.05, 0) is 18.6 Å². The van der Waals surface area contributed by atoms with Gasteiger partial charge in [-0.15, -0.1) is 0 Å². The lowest BCUT2D eigenvalue weighted by molar-refractivity contribution is 0.348. The maximum Gasteiger partial charge on any atom is 0.195 e. The summed E-state index contributed by atoms with van der Waals surface area (Å²) in [6.07, 6.45) is 3.47. The average Bonchev–Trinajstić information content (AvgIpc) is 2.88. The lowest BCUT2D eigenvalue weighted by Crippen LogP contribution is -2.10. The van der Waals surface area contributed by atoms with Gasteiger partial charge in [0, 0.05) is 24.6 Å². The van der Waals surface area contributed by atoms with Crippen LogP contribution < -0.4 is 10.5 Å². The summed E-state index contributed by atoms with van der Waals surface area (Å²) in [7, 11) is 0. The van der Waals surface area contributed by atoms with Crippen LogP contribution in [0, 0.1) is 0 Å². The van der Waals surface area contributed by atoms with Crippen LogP contribution in [0.25, 0.3) is 11.1 Å². The van der Waals surface area contributed by atoms with Crippen molar-refractivity contribution in [3.63, 3.8) is 0 Å². The molecule has 0 spiro atoms. The minimum absolute atomic E-state index is 0.138. The molecule has 0 radical (unpaired) electrons. The first-order valence-corrected chi connectivity index (χ1v) is 6.77. The number of fused-ring (bicyclic) bond motifs is 1. The summed E-state index contributed by atoms with van der Waals surface area (Å²) in [6.45, 7) is 2.41. The van der Waals surface area contributed by atoms with Gasteiger partial charge in [-0.1, -0.05) is 13.3 Å². The molecule has 0 aliphatic heterocycles. The van der Waals surface area contributed by atoms with E-state index < -0.39 is 0 Å². The SMILES string of the molecule is CCCCc1nc2cc(OCC(=CF)CN)ccc2o1. The molecule has 0 unspecified atom stereocenters. The van der Waals surface area contributed by atoms with Crippen molar-refractivity contribution in [2.75, 3.05) is 13.2 Å². The zero-order valence-corrected chi connectivity index (χ0v) is 11.6. The van der Waals surface area contributed by atoms with E-state index in [1.807, 2.05) is 6.07 Å². The predicted molar refractivity (Wildman–Crippen MR) is 76.4 cm³/mol. The molecule has 5 heteroatoms. The number of nitrogens with two attached hydrogens (primary N) is 1. The minimum atomic E-state index is 0.138. The topological polar surface area (TPSA) is 61.3 Å². The molecule has 0 amide bonds. The van der Waals surface area contributed by atoms with Crippen LogP contribution in [0.2, 0.25) is 0 Å². The summed E-state index contributed by atoms with van der Waals surface area (Å²) in [5, 5.41) is 0. The van der Waals surface area contributed by atoms with Gasteiger partial charge in [-0.2, -0.15) is 0 Å². The van der Waals surface area contributed by atoms with Gasteiger partial charge in [-0.3, -0.25) is 0 Å². The Bertz CT molecular complexity index is 593. The number of hydrogen-bond donors (Lipinski definition) is 1. The first kappa shape index (κ1) is 14.5. The van der Waals surface area contributed by atoms with Crippen molar-refractivity contribution in [1.82, 2.24) is 4.98 Å². The molecular formula is C15H19FN2O2. The normalized spacial score (nSPS) is 12.1. The summed E-state index contributed by atoms with van der Waals surface area (Å²) < 4.78 is 23.5. The van der Waals surface area contributed by atoms with Gasteiger partial charge in [0.15, 0.2) is 11.5 Å². The van der Waals surface area contributed by atoms with Gasteiger partial charge in [0.25, 0.3) is 0 Å². The highest BCUT2D eigenvalue weighted by Gasteiger charge is 2.07. The number of benzene rings is 1. The molecule has 0 fully saturated rings. The molecule has 1 heterocycles. The minimum Gasteiger partial charge on any atom is -0.489 e. The monoisotopic (exact) mass is 278 g/mol. The van der Waals surface area contributed by atoms with Gasteiger partial charge in [0.1, 0.15) is 17.9 Å². The van der Waals surface area contributed by atoms with Crippen molar-refractivity contribution in [2.45, 2.75) is 26.2 Å². The highest BCUT2D eigenvalue weighted by molar-refractivity contribution is 5.74. The lowest BCUT2D eigenvalue weighted by atomic mass is 10.2. The van der Waals surface area contributed by atoms with Gasteiger partial charge < -0.3 is 14.9 Å². The van der Waals surface area contributed by atoms with E-state index >= 15 is 0 Å². The van der Waals surface area contributed by atoms with E-state index in [9.17, 15) is 4.39 Å². The van der Waals surface area contributed by atoms with E-state index in [-0.39, 0.29) is 13.2 Å². The molecule has 108 valence electrons. The second-order valence-electron chi connectivity index (χ2n) is 4.60. The molecule has 0 aliphatic carbocycles. The number of rotatable bonds is 7. The third-order valence-electron chi connectivity index (χ3n) is 2.99. The summed E-state index contributed by atoms with van der Waals surface area (Å²) >= 11 is 0. The summed E-state index contributed by atoms with van der Waals surface area (Å²) in [5.41, 5.74) is 7.28. The van der Waals surface area contributed by atoms with Gasteiger partial charge in [-0.25, -0.2) is 9.37 Å². The van der Waals surface area contributed by atoms with E-state index in [2.05, 4.69) is 11.9 Å². The van der Waals surface area contributed by atoms with E-state index in [0.717, 1.165) is 36.3 Å². The predicted octanol–water partition coefficient (Wildman–Crippen LogP) is 3.36. The number of halogens is 1. The third-order valence-corrected chi connectivity index (χ3v) is 2.99. The fraction of sp³-hybridized carbons (Fsp3) is 0.400. The average molecular weight is 278 g/mol. The van der Waals surface area contributed by atoms with Crippen LogP contribution in [0.4, 0.5) is 4.39 Å².